The van der Waals surface area contributed by atoms with Gasteiger partial charge in [0.05, 0.1) is 0 Å². The van der Waals surface area contributed by atoms with Gasteiger partial charge in [-0.15, -0.1) is 0 Å². The second-order valence-corrected chi connectivity index (χ2v) is 7.35. The SMILES string of the molecule is CC(C)C(=O)Nc1ccc(NC(=O)COc2cccc(NC(=O)C3CC3)c2)cc1. The van der Waals surface area contributed by atoms with Crippen molar-refractivity contribution < 1.29 is 19.1 Å². The van der Waals surface area contributed by atoms with E-state index in [0.717, 1.165) is 12.8 Å². The van der Waals surface area contributed by atoms with E-state index in [2.05, 4.69) is 16.0 Å². The molecule has 0 aromatic heterocycles. The standard InChI is InChI=1S/C22H25N3O4/c1-14(2)21(27)24-17-10-8-16(9-11-17)23-20(26)13-29-19-5-3-4-18(12-19)25-22(28)15-6-7-15/h3-5,8-12,14-15H,6-7,13H2,1-2H3,(H,23,26)(H,24,27)(H,25,28). The summed E-state index contributed by atoms with van der Waals surface area (Å²) in [6, 6.07) is 13.8. The Balaban J connectivity index is 1.47. The van der Waals surface area contributed by atoms with Gasteiger partial charge in [0.2, 0.25) is 11.8 Å². The lowest BCUT2D eigenvalue weighted by Crippen LogP contribution is -2.20. The molecule has 3 rings (SSSR count). The maximum absolute atomic E-state index is 12.1. The van der Waals surface area contributed by atoms with E-state index in [1.165, 1.54) is 0 Å². The van der Waals surface area contributed by atoms with E-state index in [4.69, 9.17) is 4.74 Å². The molecule has 7 nitrogen and oxygen atoms in total. The van der Waals surface area contributed by atoms with E-state index in [0.29, 0.717) is 22.8 Å². The van der Waals surface area contributed by atoms with Crippen LogP contribution < -0.4 is 20.7 Å². The van der Waals surface area contributed by atoms with Gasteiger partial charge in [-0.05, 0) is 49.2 Å². The average Bonchev–Trinajstić information content (AvgIpc) is 3.53. The molecular weight excluding hydrogens is 370 g/mol. The van der Waals surface area contributed by atoms with Crippen LogP contribution in [0.25, 0.3) is 0 Å². The molecule has 29 heavy (non-hydrogen) atoms. The average molecular weight is 395 g/mol. The number of nitrogens with one attached hydrogen (secondary N) is 3. The number of carbonyl (C=O) groups is 3. The summed E-state index contributed by atoms with van der Waals surface area (Å²) in [7, 11) is 0. The Morgan fingerprint density at radius 1 is 0.931 bits per heavy atom. The maximum atomic E-state index is 12.1. The third kappa shape index (κ3) is 6.34. The monoisotopic (exact) mass is 395 g/mol. The Labute approximate surface area is 169 Å². The highest BCUT2D eigenvalue weighted by molar-refractivity contribution is 5.95. The Kier molecular flexibility index (Phi) is 6.49. The number of ether oxygens (including phenoxy) is 1. The highest BCUT2D eigenvalue weighted by atomic mass is 16.5. The molecule has 0 heterocycles. The number of hydrogen-bond acceptors (Lipinski definition) is 4. The number of carbonyl (C=O) groups excluding carboxylic acids is 3. The van der Waals surface area contributed by atoms with E-state index in [9.17, 15) is 14.4 Å². The quantitative estimate of drug-likeness (QED) is 0.636. The predicted molar refractivity (Wildman–Crippen MR) is 112 cm³/mol. The maximum Gasteiger partial charge on any atom is 0.262 e. The van der Waals surface area contributed by atoms with Crippen LogP contribution in [0.3, 0.4) is 0 Å². The van der Waals surface area contributed by atoms with Gasteiger partial charge in [-0.3, -0.25) is 14.4 Å². The summed E-state index contributed by atoms with van der Waals surface area (Å²) < 4.78 is 5.52. The summed E-state index contributed by atoms with van der Waals surface area (Å²) in [5, 5.41) is 8.38. The first-order valence-corrected chi connectivity index (χ1v) is 9.65. The van der Waals surface area contributed by atoms with Crippen molar-refractivity contribution in [2.45, 2.75) is 26.7 Å². The van der Waals surface area contributed by atoms with Crippen molar-refractivity contribution in [3.63, 3.8) is 0 Å². The van der Waals surface area contributed by atoms with Crippen molar-refractivity contribution in [3.05, 3.63) is 48.5 Å². The normalized spacial score (nSPS) is 12.9. The fourth-order valence-corrected chi connectivity index (χ4v) is 2.52. The van der Waals surface area contributed by atoms with Crippen LogP contribution in [0.4, 0.5) is 17.1 Å². The van der Waals surface area contributed by atoms with Crippen molar-refractivity contribution in [1.82, 2.24) is 0 Å². The molecule has 0 radical (unpaired) electrons. The van der Waals surface area contributed by atoms with Crippen molar-refractivity contribution >= 4 is 34.8 Å². The number of amides is 3. The molecule has 1 aliphatic rings. The van der Waals surface area contributed by atoms with Crippen LogP contribution in [-0.2, 0) is 14.4 Å². The molecule has 3 amide bonds. The van der Waals surface area contributed by atoms with Gasteiger partial charge in [0, 0.05) is 35.0 Å². The van der Waals surface area contributed by atoms with Gasteiger partial charge in [-0.25, -0.2) is 0 Å². The van der Waals surface area contributed by atoms with E-state index in [-0.39, 0.29) is 36.2 Å². The van der Waals surface area contributed by atoms with Gasteiger partial charge in [0.1, 0.15) is 5.75 Å². The second-order valence-electron chi connectivity index (χ2n) is 7.35. The minimum atomic E-state index is -0.309. The van der Waals surface area contributed by atoms with Crippen LogP contribution in [0.2, 0.25) is 0 Å². The number of hydrogen-bond donors (Lipinski definition) is 3. The molecule has 1 aliphatic carbocycles. The van der Waals surface area contributed by atoms with Crippen LogP contribution in [0, 0.1) is 11.8 Å². The van der Waals surface area contributed by atoms with Gasteiger partial charge in [0.25, 0.3) is 5.91 Å². The molecule has 0 bridgehead atoms. The molecule has 1 saturated carbocycles. The summed E-state index contributed by atoms with van der Waals surface area (Å²) in [5.74, 6) is 0.165. The van der Waals surface area contributed by atoms with Gasteiger partial charge in [-0.1, -0.05) is 19.9 Å². The molecule has 0 unspecified atom stereocenters. The lowest BCUT2D eigenvalue weighted by atomic mass is 10.2. The topological polar surface area (TPSA) is 96.5 Å². The van der Waals surface area contributed by atoms with Crippen LogP contribution in [-0.4, -0.2) is 24.3 Å². The summed E-state index contributed by atoms with van der Waals surface area (Å²) in [5.41, 5.74) is 1.92. The summed E-state index contributed by atoms with van der Waals surface area (Å²) in [6.07, 6.45) is 1.88. The largest absolute Gasteiger partial charge is 0.484 e. The molecule has 3 N–H and O–H groups in total. The highest BCUT2D eigenvalue weighted by Gasteiger charge is 2.29. The fourth-order valence-electron chi connectivity index (χ4n) is 2.52. The predicted octanol–water partition coefficient (Wildman–Crippen LogP) is 3.65. The minimum Gasteiger partial charge on any atom is -0.484 e. The first-order chi connectivity index (χ1) is 13.9. The molecular formula is C22H25N3O4. The molecule has 1 fully saturated rings. The molecule has 152 valence electrons. The Morgan fingerprint density at radius 3 is 2.21 bits per heavy atom. The van der Waals surface area contributed by atoms with Gasteiger partial charge in [0.15, 0.2) is 6.61 Å². The number of anilines is 3. The third-order valence-electron chi connectivity index (χ3n) is 4.38. The lowest BCUT2D eigenvalue weighted by molar-refractivity contribution is -0.119. The Hall–Kier alpha value is -3.35. The highest BCUT2D eigenvalue weighted by Crippen LogP contribution is 2.30. The van der Waals surface area contributed by atoms with E-state index in [1.54, 1.807) is 48.5 Å². The first-order valence-electron chi connectivity index (χ1n) is 9.65. The first kappa shape index (κ1) is 20.4. The van der Waals surface area contributed by atoms with Crippen LogP contribution in [0.15, 0.2) is 48.5 Å². The van der Waals surface area contributed by atoms with E-state index < -0.39 is 0 Å². The second kappa shape index (κ2) is 9.23. The Bertz CT molecular complexity index is 889. The summed E-state index contributed by atoms with van der Waals surface area (Å²) >= 11 is 0. The number of benzene rings is 2. The summed E-state index contributed by atoms with van der Waals surface area (Å²) in [6.45, 7) is 3.48. The van der Waals surface area contributed by atoms with Gasteiger partial charge >= 0.3 is 0 Å². The summed E-state index contributed by atoms with van der Waals surface area (Å²) in [4.78, 5) is 35.6. The smallest absolute Gasteiger partial charge is 0.262 e. The van der Waals surface area contributed by atoms with Crippen LogP contribution in [0.1, 0.15) is 26.7 Å². The molecule has 2 aromatic carbocycles. The van der Waals surface area contributed by atoms with Crippen LogP contribution in [0.5, 0.6) is 5.75 Å². The molecule has 7 heteroatoms. The molecule has 0 aliphatic heterocycles. The minimum absolute atomic E-state index is 0.0212. The van der Waals surface area contributed by atoms with Crippen molar-refractivity contribution in [3.8, 4) is 5.75 Å². The van der Waals surface area contributed by atoms with Gasteiger partial charge < -0.3 is 20.7 Å². The van der Waals surface area contributed by atoms with E-state index in [1.807, 2.05) is 13.8 Å². The third-order valence-corrected chi connectivity index (χ3v) is 4.38. The molecule has 0 saturated heterocycles. The zero-order valence-corrected chi connectivity index (χ0v) is 16.5. The molecule has 0 atom stereocenters. The zero-order valence-electron chi connectivity index (χ0n) is 16.5. The van der Waals surface area contributed by atoms with Crippen LogP contribution >= 0.6 is 0 Å². The molecule has 2 aromatic rings. The molecule has 0 spiro atoms. The van der Waals surface area contributed by atoms with Crippen molar-refractivity contribution in [2.75, 3.05) is 22.6 Å². The zero-order chi connectivity index (χ0) is 20.8. The Morgan fingerprint density at radius 2 is 1.59 bits per heavy atom. The lowest BCUT2D eigenvalue weighted by Gasteiger charge is -2.11. The van der Waals surface area contributed by atoms with Crippen molar-refractivity contribution in [1.29, 1.82) is 0 Å². The van der Waals surface area contributed by atoms with Crippen molar-refractivity contribution in [2.24, 2.45) is 11.8 Å². The van der Waals surface area contributed by atoms with E-state index >= 15 is 0 Å². The fraction of sp³-hybridized carbons (Fsp3) is 0.318. The number of rotatable bonds is 8. The van der Waals surface area contributed by atoms with Gasteiger partial charge in [-0.2, -0.15) is 0 Å².